The van der Waals surface area contributed by atoms with E-state index in [9.17, 15) is 22.4 Å². The van der Waals surface area contributed by atoms with Crippen molar-refractivity contribution < 1.29 is 22.4 Å². The molecule has 1 heterocycles. The van der Waals surface area contributed by atoms with Crippen LogP contribution in [0.4, 0.5) is 28.0 Å². The lowest BCUT2D eigenvalue weighted by Crippen LogP contribution is -2.34. The molecule has 5 nitrogen and oxygen atoms in total. The Balaban J connectivity index is 1.78. The fourth-order valence-electron chi connectivity index (χ4n) is 2.61. The van der Waals surface area contributed by atoms with E-state index in [1.807, 2.05) is 30.3 Å². The van der Waals surface area contributed by atoms with Crippen LogP contribution in [0.15, 0.2) is 60.8 Å². The monoisotopic (exact) mass is 392 g/mol. The number of rotatable bonds is 5. The van der Waals surface area contributed by atoms with Gasteiger partial charge in [-0.3, -0.25) is 5.10 Å². The molecule has 146 valence electrons. The number of nitrogens with zero attached hydrogens (tertiary/aromatic N) is 2. The third-order valence-corrected chi connectivity index (χ3v) is 3.95. The van der Waals surface area contributed by atoms with E-state index in [1.54, 1.807) is 12.3 Å². The maximum Gasteiger partial charge on any atom is 0.419 e. The molecule has 0 aliphatic heterocycles. The van der Waals surface area contributed by atoms with E-state index in [2.05, 4.69) is 15.5 Å². The van der Waals surface area contributed by atoms with Gasteiger partial charge in [-0.25, -0.2) is 9.18 Å². The summed E-state index contributed by atoms with van der Waals surface area (Å²) < 4.78 is 51.8. The number of halogens is 4. The topological polar surface area (TPSA) is 61.0 Å². The number of H-pyrrole nitrogens is 1. The number of nitrogens with one attached hydrogen (secondary N) is 2. The van der Waals surface area contributed by atoms with Crippen molar-refractivity contribution in [2.24, 2.45) is 0 Å². The van der Waals surface area contributed by atoms with E-state index in [-0.39, 0.29) is 18.8 Å². The highest BCUT2D eigenvalue weighted by Crippen LogP contribution is 2.32. The summed E-state index contributed by atoms with van der Waals surface area (Å²) in [6.07, 6.45) is -3.26. The van der Waals surface area contributed by atoms with Crippen molar-refractivity contribution in [3.8, 4) is 0 Å². The molecule has 0 unspecified atom stereocenters. The van der Waals surface area contributed by atoms with Crippen LogP contribution < -0.4 is 5.32 Å². The molecular formula is C19H16F4N4O. The Kier molecular flexibility index (Phi) is 5.62. The van der Waals surface area contributed by atoms with Crippen molar-refractivity contribution in [3.05, 3.63) is 83.4 Å². The van der Waals surface area contributed by atoms with E-state index < -0.39 is 23.6 Å². The highest BCUT2D eigenvalue weighted by Gasteiger charge is 2.34. The first-order chi connectivity index (χ1) is 13.3. The van der Waals surface area contributed by atoms with Gasteiger partial charge in [0.05, 0.1) is 17.8 Å². The van der Waals surface area contributed by atoms with Crippen LogP contribution >= 0.6 is 0 Å². The Morgan fingerprint density at radius 3 is 2.43 bits per heavy atom. The van der Waals surface area contributed by atoms with Gasteiger partial charge in [0.2, 0.25) is 0 Å². The number of carbonyl (C=O) groups is 1. The Bertz CT molecular complexity index is 927. The van der Waals surface area contributed by atoms with E-state index in [0.717, 1.165) is 11.6 Å². The lowest BCUT2D eigenvalue weighted by molar-refractivity contribution is -0.139. The van der Waals surface area contributed by atoms with Crippen molar-refractivity contribution in [2.45, 2.75) is 19.3 Å². The number of hydrogen-bond donors (Lipinski definition) is 2. The molecule has 0 radical (unpaired) electrons. The summed E-state index contributed by atoms with van der Waals surface area (Å²) in [7, 11) is 0. The van der Waals surface area contributed by atoms with Crippen molar-refractivity contribution in [1.82, 2.24) is 15.1 Å². The summed E-state index contributed by atoms with van der Waals surface area (Å²) in [6, 6.07) is 12.5. The molecule has 0 aliphatic rings. The molecule has 0 saturated heterocycles. The molecule has 2 aromatic carbocycles. The smallest absolute Gasteiger partial charge is 0.314 e. The molecule has 0 aliphatic carbocycles. The third-order valence-electron chi connectivity index (χ3n) is 3.95. The van der Waals surface area contributed by atoms with Gasteiger partial charge in [-0.1, -0.05) is 30.3 Å². The van der Waals surface area contributed by atoms with Crippen molar-refractivity contribution in [1.29, 1.82) is 0 Å². The van der Waals surface area contributed by atoms with Crippen LogP contribution in [0.5, 0.6) is 0 Å². The molecule has 0 spiro atoms. The van der Waals surface area contributed by atoms with Crippen LogP contribution in [0, 0.1) is 5.82 Å². The van der Waals surface area contributed by atoms with E-state index in [4.69, 9.17) is 0 Å². The predicted octanol–water partition coefficient (Wildman–Crippen LogP) is 4.80. The first-order valence-corrected chi connectivity index (χ1v) is 8.28. The Morgan fingerprint density at radius 2 is 1.82 bits per heavy atom. The second-order valence-corrected chi connectivity index (χ2v) is 6.05. The van der Waals surface area contributed by atoms with Crippen molar-refractivity contribution in [3.63, 3.8) is 0 Å². The molecule has 2 amide bonds. The minimum atomic E-state index is -4.80. The summed E-state index contributed by atoms with van der Waals surface area (Å²) >= 11 is 0. The number of carbonyl (C=O) groups excluding carboxylic acids is 1. The summed E-state index contributed by atoms with van der Waals surface area (Å²) in [5.41, 5.74) is 0.0720. The zero-order valence-corrected chi connectivity index (χ0v) is 14.5. The minimum Gasteiger partial charge on any atom is -0.314 e. The van der Waals surface area contributed by atoms with Crippen molar-refractivity contribution >= 4 is 11.7 Å². The SMILES string of the molecule is O=C(Nc1ccc(C(F)(F)F)c(F)c1)N(Cc1ccccc1)Cc1ccn[nH]1. The van der Waals surface area contributed by atoms with Gasteiger partial charge in [-0.05, 0) is 29.8 Å². The van der Waals surface area contributed by atoms with E-state index in [0.29, 0.717) is 17.8 Å². The molecule has 1 aromatic heterocycles. The Morgan fingerprint density at radius 1 is 1.07 bits per heavy atom. The van der Waals surface area contributed by atoms with Crippen LogP contribution in [0.1, 0.15) is 16.8 Å². The average Bonchev–Trinajstić information content (AvgIpc) is 3.14. The first kappa shape index (κ1) is 19.4. The number of alkyl halides is 3. The van der Waals surface area contributed by atoms with Gasteiger partial charge in [0.25, 0.3) is 0 Å². The molecule has 2 N–H and O–H groups in total. The zero-order valence-electron chi connectivity index (χ0n) is 14.5. The van der Waals surface area contributed by atoms with Gasteiger partial charge < -0.3 is 10.2 Å². The quantitative estimate of drug-likeness (QED) is 0.613. The largest absolute Gasteiger partial charge is 0.419 e. The second kappa shape index (κ2) is 8.12. The number of benzene rings is 2. The molecule has 0 bridgehead atoms. The number of hydrogen-bond acceptors (Lipinski definition) is 2. The van der Waals surface area contributed by atoms with Gasteiger partial charge in [0.1, 0.15) is 5.82 Å². The molecule has 3 aromatic rings. The van der Waals surface area contributed by atoms with Crippen LogP contribution in [0.25, 0.3) is 0 Å². The van der Waals surface area contributed by atoms with Gasteiger partial charge >= 0.3 is 12.2 Å². The highest BCUT2D eigenvalue weighted by atomic mass is 19.4. The summed E-state index contributed by atoms with van der Waals surface area (Å²) in [5, 5.41) is 9.02. The lowest BCUT2D eigenvalue weighted by atomic mass is 10.2. The number of anilines is 1. The Hall–Kier alpha value is -3.36. The fraction of sp³-hybridized carbons (Fsp3) is 0.158. The maximum atomic E-state index is 13.8. The average molecular weight is 392 g/mol. The molecule has 3 rings (SSSR count). The second-order valence-electron chi connectivity index (χ2n) is 6.05. The molecule has 0 saturated carbocycles. The number of aromatic nitrogens is 2. The van der Waals surface area contributed by atoms with E-state index in [1.165, 1.54) is 4.90 Å². The first-order valence-electron chi connectivity index (χ1n) is 8.28. The standard InChI is InChI=1S/C19H16F4N4O/c20-17-10-14(6-7-16(17)19(21,22)23)25-18(28)27(12-15-8-9-24-26-15)11-13-4-2-1-3-5-13/h1-10H,11-12H2,(H,24,26)(H,25,28). The predicted molar refractivity (Wildman–Crippen MR) is 94.7 cm³/mol. The molecule has 0 fully saturated rings. The van der Waals surface area contributed by atoms with Crippen molar-refractivity contribution in [2.75, 3.05) is 5.32 Å². The van der Waals surface area contributed by atoms with Gasteiger partial charge in [0, 0.05) is 18.4 Å². The van der Waals surface area contributed by atoms with Gasteiger partial charge in [-0.15, -0.1) is 0 Å². The fourth-order valence-corrected chi connectivity index (χ4v) is 2.61. The molecule has 9 heteroatoms. The minimum absolute atomic E-state index is 0.0711. The van der Waals surface area contributed by atoms with Crippen LogP contribution in [-0.4, -0.2) is 21.1 Å². The number of amides is 2. The van der Waals surface area contributed by atoms with Crippen LogP contribution in [0.3, 0.4) is 0 Å². The third kappa shape index (κ3) is 4.87. The lowest BCUT2D eigenvalue weighted by Gasteiger charge is -2.23. The Labute approximate surface area is 158 Å². The van der Waals surface area contributed by atoms with Gasteiger partial charge in [0.15, 0.2) is 0 Å². The highest BCUT2D eigenvalue weighted by molar-refractivity contribution is 5.89. The van der Waals surface area contributed by atoms with Crippen LogP contribution in [-0.2, 0) is 19.3 Å². The molecule has 0 atom stereocenters. The summed E-state index contributed by atoms with van der Waals surface area (Å²) in [5.74, 6) is -1.45. The molecular weight excluding hydrogens is 376 g/mol. The maximum absolute atomic E-state index is 13.8. The molecule has 28 heavy (non-hydrogen) atoms. The van der Waals surface area contributed by atoms with E-state index >= 15 is 0 Å². The zero-order chi connectivity index (χ0) is 20.1. The van der Waals surface area contributed by atoms with Crippen LogP contribution in [0.2, 0.25) is 0 Å². The number of aromatic amines is 1. The van der Waals surface area contributed by atoms with Gasteiger partial charge in [-0.2, -0.15) is 18.3 Å². The number of urea groups is 1. The summed E-state index contributed by atoms with van der Waals surface area (Å²) in [4.78, 5) is 14.1. The summed E-state index contributed by atoms with van der Waals surface area (Å²) in [6.45, 7) is 0.429. The normalized spacial score (nSPS) is 11.3.